The highest BCUT2D eigenvalue weighted by Crippen LogP contribution is 2.07. The monoisotopic (exact) mass is 227 g/mol. The number of rotatable bonds is 5. The number of aryl methyl sites for hydroxylation is 1. The lowest BCUT2D eigenvalue weighted by Crippen LogP contribution is -2.25. The molecule has 0 saturated heterocycles. The van der Waals surface area contributed by atoms with Crippen LogP contribution in [0.25, 0.3) is 0 Å². The SMILES string of the molecule is CCN(CC)CCc1nc(C)cc(Cl)n1. The molecule has 0 bridgehead atoms. The predicted octanol–water partition coefficient (Wildman–Crippen LogP) is 2.32. The molecule has 1 aromatic rings. The summed E-state index contributed by atoms with van der Waals surface area (Å²) in [6, 6.07) is 1.78. The predicted molar refractivity (Wildman–Crippen MR) is 63.3 cm³/mol. The minimum atomic E-state index is 0.539. The van der Waals surface area contributed by atoms with Gasteiger partial charge in [0.2, 0.25) is 0 Å². The molecular weight excluding hydrogens is 210 g/mol. The molecule has 1 aromatic heterocycles. The molecule has 4 heteroatoms. The van der Waals surface area contributed by atoms with Crippen molar-refractivity contribution in [1.82, 2.24) is 14.9 Å². The van der Waals surface area contributed by atoms with Gasteiger partial charge in [0.05, 0.1) is 0 Å². The van der Waals surface area contributed by atoms with Gasteiger partial charge < -0.3 is 4.90 Å². The Kier molecular flexibility index (Phi) is 4.99. The Balaban J connectivity index is 2.57. The molecule has 0 aliphatic heterocycles. The molecule has 84 valence electrons. The van der Waals surface area contributed by atoms with E-state index in [-0.39, 0.29) is 0 Å². The maximum atomic E-state index is 5.87. The number of hydrogen-bond donors (Lipinski definition) is 0. The lowest BCUT2D eigenvalue weighted by atomic mass is 10.3. The Morgan fingerprint density at radius 3 is 2.47 bits per heavy atom. The van der Waals surface area contributed by atoms with E-state index in [2.05, 4.69) is 28.7 Å². The van der Waals surface area contributed by atoms with Crippen LogP contribution in [-0.2, 0) is 6.42 Å². The molecule has 0 spiro atoms. The van der Waals surface area contributed by atoms with E-state index >= 15 is 0 Å². The molecule has 0 unspecified atom stereocenters. The van der Waals surface area contributed by atoms with Gasteiger partial charge in [-0.25, -0.2) is 9.97 Å². The van der Waals surface area contributed by atoms with E-state index in [4.69, 9.17) is 11.6 Å². The molecule has 3 nitrogen and oxygen atoms in total. The Morgan fingerprint density at radius 1 is 1.27 bits per heavy atom. The molecule has 0 aromatic carbocycles. The Morgan fingerprint density at radius 2 is 1.93 bits per heavy atom. The van der Waals surface area contributed by atoms with Gasteiger partial charge in [0.25, 0.3) is 0 Å². The van der Waals surface area contributed by atoms with Gasteiger partial charge in [-0.3, -0.25) is 0 Å². The van der Waals surface area contributed by atoms with Crippen LogP contribution in [0.2, 0.25) is 5.15 Å². The highest BCUT2D eigenvalue weighted by atomic mass is 35.5. The first-order valence-corrected chi connectivity index (χ1v) is 5.76. The fourth-order valence-electron chi connectivity index (χ4n) is 1.50. The summed E-state index contributed by atoms with van der Waals surface area (Å²) in [6.07, 6.45) is 0.864. The fourth-order valence-corrected chi connectivity index (χ4v) is 1.75. The topological polar surface area (TPSA) is 29.0 Å². The first kappa shape index (κ1) is 12.4. The van der Waals surface area contributed by atoms with Crippen LogP contribution < -0.4 is 0 Å². The third kappa shape index (κ3) is 4.14. The van der Waals surface area contributed by atoms with E-state index in [0.29, 0.717) is 5.15 Å². The third-order valence-corrected chi connectivity index (χ3v) is 2.61. The van der Waals surface area contributed by atoms with Gasteiger partial charge >= 0.3 is 0 Å². The van der Waals surface area contributed by atoms with Crippen LogP contribution in [0.3, 0.4) is 0 Å². The van der Waals surface area contributed by atoms with Crippen molar-refractivity contribution in [2.24, 2.45) is 0 Å². The van der Waals surface area contributed by atoms with Crippen molar-refractivity contribution in [1.29, 1.82) is 0 Å². The Bertz CT molecular complexity index is 290. The molecule has 0 radical (unpaired) electrons. The van der Waals surface area contributed by atoms with Crippen molar-refractivity contribution < 1.29 is 0 Å². The molecule has 0 aliphatic carbocycles. The van der Waals surface area contributed by atoms with Gasteiger partial charge in [-0.05, 0) is 26.1 Å². The maximum Gasteiger partial charge on any atom is 0.133 e. The normalized spacial score (nSPS) is 11.0. The highest BCUT2D eigenvalue weighted by Gasteiger charge is 2.03. The lowest BCUT2D eigenvalue weighted by molar-refractivity contribution is 0.305. The van der Waals surface area contributed by atoms with Crippen molar-refractivity contribution in [2.45, 2.75) is 27.2 Å². The fraction of sp³-hybridized carbons (Fsp3) is 0.636. The molecule has 0 saturated carbocycles. The standard InChI is InChI=1S/C11H18ClN3/c1-4-15(5-2)7-6-11-13-9(3)8-10(12)14-11/h8H,4-7H2,1-3H3. The zero-order valence-electron chi connectivity index (χ0n) is 9.63. The Labute approximate surface area is 96.5 Å². The van der Waals surface area contributed by atoms with Crippen LogP contribution >= 0.6 is 11.6 Å². The van der Waals surface area contributed by atoms with Gasteiger partial charge in [-0.15, -0.1) is 0 Å². The number of hydrogen-bond acceptors (Lipinski definition) is 3. The van der Waals surface area contributed by atoms with Gasteiger partial charge in [-0.2, -0.15) is 0 Å². The van der Waals surface area contributed by atoms with Gasteiger partial charge in [0.15, 0.2) is 0 Å². The van der Waals surface area contributed by atoms with E-state index < -0.39 is 0 Å². The summed E-state index contributed by atoms with van der Waals surface area (Å²) in [5, 5.41) is 0.539. The number of halogens is 1. The van der Waals surface area contributed by atoms with Crippen molar-refractivity contribution in [3.8, 4) is 0 Å². The van der Waals surface area contributed by atoms with Crippen molar-refractivity contribution in [3.05, 3.63) is 22.7 Å². The summed E-state index contributed by atoms with van der Waals surface area (Å²) in [7, 11) is 0. The Hall–Kier alpha value is -0.670. The highest BCUT2D eigenvalue weighted by molar-refractivity contribution is 6.29. The van der Waals surface area contributed by atoms with Crippen LogP contribution in [-0.4, -0.2) is 34.5 Å². The minimum absolute atomic E-state index is 0.539. The average Bonchev–Trinajstić information content (AvgIpc) is 2.18. The van der Waals surface area contributed by atoms with E-state index in [1.807, 2.05) is 6.92 Å². The van der Waals surface area contributed by atoms with E-state index in [9.17, 15) is 0 Å². The summed E-state index contributed by atoms with van der Waals surface area (Å²) in [6.45, 7) is 9.38. The maximum absolute atomic E-state index is 5.87. The van der Waals surface area contributed by atoms with Crippen LogP contribution in [0.1, 0.15) is 25.4 Å². The second-order valence-electron chi connectivity index (χ2n) is 3.53. The van der Waals surface area contributed by atoms with Gasteiger partial charge in [0.1, 0.15) is 11.0 Å². The van der Waals surface area contributed by atoms with Gasteiger partial charge in [0, 0.05) is 18.7 Å². The summed E-state index contributed by atoms with van der Waals surface area (Å²) >= 11 is 5.87. The third-order valence-electron chi connectivity index (χ3n) is 2.42. The first-order chi connectivity index (χ1) is 7.15. The molecule has 0 atom stereocenters. The van der Waals surface area contributed by atoms with Crippen LogP contribution in [0.15, 0.2) is 6.07 Å². The summed E-state index contributed by atoms with van der Waals surface area (Å²) < 4.78 is 0. The zero-order chi connectivity index (χ0) is 11.3. The van der Waals surface area contributed by atoms with Crippen molar-refractivity contribution >= 4 is 11.6 Å². The molecule has 0 fully saturated rings. The summed E-state index contributed by atoms with van der Waals surface area (Å²) in [5.41, 5.74) is 0.935. The van der Waals surface area contributed by atoms with Crippen LogP contribution in [0, 0.1) is 6.92 Å². The molecule has 1 rings (SSSR count). The second kappa shape index (κ2) is 6.03. The smallest absolute Gasteiger partial charge is 0.133 e. The van der Waals surface area contributed by atoms with Crippen LogP contribution in [0.4, 0.5) is 0 Å². The zero-order valence-corrected chi connectivity index (χ0v) is 10.4. The molecule has 1 heterocycles. The summed E-state index contributed by atoms with van der Waals surface area (Å²) in [4.78, 5) is 10.9. The number of nitrogens with zero attached hydrogens (tertiary/aromatic N) is 3. The second-order valence-corrected chi connectivity index (χ2v) is 3.91. The van der Waals surface area contributed by atoms with Gasteiger partial charge in [-0.1, -0.05) is 25.4 Å². The molecule has 0 amide bonds. The molecule has 0 N–H and O–H groups in total. The largest absolute Gasteiger partial charge is 0.303 e. The van der Waals surface area contributed by atoms with E-state index in [1.54, 1.807) is 6.07 Å². The number of aromatic nitrogens is 2. The van der Waals surface area contributed by atoms with Crippen molar-refractivity contribution in [2.75, 3.05) is 19.6 Å². The average molecular weight is 228 g/mol. The summed E-state index contributed by atoms with van der Waals surface area (Å²) in [5.74, 6) is 0.840. The lowest BCUT2D eigenvalue weighted by Gasteiger charge is -2.17. The van der Waals surface area contributed by atoms with E-state index in [0.717, 1.165) is 37.6 Å². The number of likely N-dealkylation sites (N-methyl/N-ethyl adjacent to an activating group) is 1. The van der Waals surface area contributed by atoms with Crippen molar-refractivity contribution in [3.63, 3.8) is 0 Å². The first-order valence-electron chi connectivity index (χ1n) is 5.38. The minimum Gasteiger partial charge on any atom is -0.303 e. The molecule has 0 aliphatic rings. The quantitative estimate of drug-likeness (QED) is 0.723. The van der Waals surface area contributed by atoms with Crippen LogP contribution in [0.5, 0.6) is 0 Å². The molecular formula is C11H18ClN3. The van der Waals surface area contributed by atoms with E-state index in [1.165, 1.54) is 0 Å². The molecule has 15 heavy (non-hydrogen) atoms.